The van der Waals surface area contributed by atoms with Gasteiger partial charge in [-0.3, -0.25) is 19.2 Å². The molecule has 0 spiro atoms. The van der Waals surface area contributed by atoms with Crippen molar-refractivity contribution in [1.29, 1.82) is 0 Å². The zero-order valence-corrected chi connectivity index (χ0v) is 30.3. The predicted octanol–water partition coefficient (Wildman–Crippen LogP) is 3.77. The standard InChI is InChI=1S/C39H43NO14/c1-24(41)48-23-33-34(50-25(2)42)35(51-26(3)43)36(52-27(4)44)38(53-33)54-39(46)40-32(37(45)47-20-19-28-11-7-5-8-12-28)21-29-15-17-31(18-16-29)49-22-30-13-9-6-10-14-30/h5-18,32-36,38H,19-23H2,1-4H3,(H,40,46)/t32-,33+,34+,35-,36+,38?/m0/s1. The summed E-state index contributed by atoms with van der Waals surface area (Å²) in [6, 6.07) is 24.6. The second kappa shape index (κ2) is 20.3. The van der Waals surface area contributed by atoms with Gasteiger partial charge in [0.15, 0.2) is 12.2 Å². The number of carbonyl (C=O) groups excluding carboxylic acids is 6. The normalized spacial score (nSPS) is 19.6. The van der Waals surface area contributed by atoms with Crippen LogP contribution in [0.1, 0.15) is 44.4 Å². The molecule has 3 aromatic carbocycles. The lowest BCUT2D eigenvalue weighted by Crippen LogP contribution is -2.63. The van der Waals surface area contributed by atoms with Gasteiger partial charge in [0, 0.05) is 40.5 Å². The Morgan fingerprint density at radius 1 is 0.630 bits per heavy atom. The van der Waals surface area contributed by atoms with Gasteiger partial charge in [-0.15, -0.1) is 0 Å². The molecule has 0 bridgehead atoms. The fraction of sp³-hybridized carbons (Fsp3) is 0.385. The highest BCUT2D eigenvalue weighted by Crippen LogP contribution is 2.30. The number of esters is 5. The van der Waals surface area contributed by atoms with Crippen LogP contribution in [0, 0.1) is 0 Å². The minimum absolute atomic E-state index is 0.0159. The molecule has 1 fully saturated rings. The Balaban J connectivity index is 1.53. The number of hydrogen-bond acceptors (Lipinski definition) is 14. The van der Waals surface area contributed by atoms with E-state index >= 15 is 0 Å². The summed E-state index contributed by atoms with van der Waals surface area (Å²) in [5, 5.41) is 2.49. The van der Waals surface area contributed by atoms with Gasteiger partial charge in [0.2, 0.25) is 12.4 Å². The molecular formula is C39H43NO14. The number of rotatable bonds is 16. The maximum Gasteiger partial charge on any atom is 0.410 e. The maximum absolute atomic E-state index is 13.5. The second-order valence-electron chi connectivity index (χ2n) is 12.2. The summed E-state index contributed by atoms with van der Waals surface area (Å²) in [4.78, 5) is 75.0. The molecule has 1 amide bonds. The van der Waals surface area contributed by atoms with Crippen LogP contribution in [-0.4, -0.2) is 85.9 Å². The molecule has 1 N–H and O–H groups in total. The van der Waals surface area contributed by atoms with Crippen molar-refractivity contribution in [1.82, 2.24) is 5.32 Å². The molecular weight excluding hydrogens is 706 g/mol. The number of alkyl carbamates (subject to hydrolysis) is 1. The molecule has 1 unspecified atom stereocenters. The van der Waals surface area contributed by atoms with Gasteiger partial charge >= 0.3 is 35.9 Å². The molecule has 0 saturated carbocycles. The minimum atomic E-state index is -1.80. The average Bonchev–Trinajstić information content (AvgIpc) is 3.13. The smallest absolute Gasteiger partial charge is 0.410 e. The molecule has 4 rings (SSSR count). The summed E-state index contributed by atoms with van der Waals surface area (Å²) in [7, 11) is 0. The molecule has 0 radical (unpaired) electrons. The van der Waals surface area contributed by atoms with Crippen LogP contribution in [0.3, 0.4) is 0 Å². The Morgan fingerprint density at radius 3 is 1.80 bits per heavy atom. The molecule has 15 nitrogen and oxygen atoms in total. The lowest BCUT2D eigenvalue weighted by Gasteiger charge is -2.43. The van der Waals surface area contributed by atoms with E-state index in [-0.39, 0.29) is 13.0 Å². The topological polar surface area (TPSA) is 188 Å². The van der Waals surface area contributed by atoms with E-state index in [0.29, 0.717) is 24.3 Å². The molecule has 1 heterocycles. The monoisotopic (exact) mass is 749 g/mol. The Kier molecular flexibility index (Phi) is 15.4. The zero-order chi connectivity index (χ0) is 39.0. The van der Waals surface area contributed by atoms with E-state index in [4.69, 9.17) is 37.9 Å². The Bertz CT molecular complexity index is 1720. The van der Waals surface area contributed by atoms with Gasteiger partial charge in [-0.1, -0.05) is 72.8 Å². The number of amides is 1. The number of ether oxygens (including phenoxy) is 8. The summed E-state index contributed by atoms with van der Waals surface area (Å²) in [5.74, 6) is -3.47. The molecule has 0 aliphatic carbocycles. The van der Waals surface area contributed by atoms with Crippen molar-refractivity contribution in [3.05, 3.63) is 102 Å². The van der Waals surface area contributed by atoms with Crippen LogP contribution in [0.25, 0.3) is 0 Å². The third-order valence-electron chi connectivity index (χ3n) is 7.84. The van der Waals surface area contributed by atoms with Gasteiger partial charge in [0.25, 0.3) is 0 Å². The van der Waals surface area contributed by atoms with Crippen LogP contribution in [0.4, 0.5) is 4.79 Å². The van der Waals surface area contributed by atoms with Crippen molar-refractivity contribution < 1.29 is 66.7 Å². The van der Waals surface area contributed by atoms with E-state index in [1.54, 1.807) is 24.3 Å². The van der Waals surface area contributed by atoms with Gasteiger partial charge in [-0.05, 0) is 28.8 Å². The second-order valence-corrected chi connectivity index (χ2v) is 12.2. The molecule has 1 aliphatic heterocycles. The van der Waals surface area contributed by atoms with E-state index in [9.17, 15) is 28.8 Å². The van der Waals surface area contributed by atoms with Gasteiger partial charge in [-0.2, -0.15) is 0 Å². The fourth-order valence-corrected chi connectivity index (χ4v) is 5.47. The molecule has 288 valence electrons. The number of hydrogen-bond donors (Lipinski definition) is 1. The summed E-state index contributed by atoms with van der Waals surface area (Å²) < 4.78 is 44.0. The molecule has 1 saturated heterocycles. The van der Waals surface area contributed by atoms with E-state index in [1.165, 1.54) is 0 Å². The molecule has 15 heteroatoms. The number of carbonyl (C=O) groups is 6. The first kappa shape index (κ1) is 40.8. The number of nitrogens with one attached hydrogen (secondary N) is 1. The highest BCUT2D eigenvalue weighted by atomic mass is 16.8. The minimum Gasteiger partial charge on any atom is -0.489 e. The average molecular weight is 750 g/mol. The zero-order valence-electron chi connectivity index (χ0n) is 30.3. The highest BCUT2D eigenvalue weighted by molar-refractivity contribution is 5.81. The summed E-state index contributed by atoms with van der Waals surface area (Å²) in [6.07, 6.45) is -8.65. The van der Waals surface area contributed by atoms with Crippen LogP contribution in [0.2, 0.25) is 0 Å². The van der Waals surface area contributed by atoms with Crippen molar-refractivity contribution in [3.8, 4) is 5.75 Å². The predicted molar refractivity (Wildman–Crippen MR) is 187 cm³/mol. The molecule has 1 aliphatic rings. The van der Waals surface area contributed by atoms with E-state index < -0.39 is 79.3 Å². The number of benzene rings is 3. The van der Waals surface area contributed by atoms with Crippen LogP contribution >= 0.6 is 0 Å². The van der Waals surface area contributed by atoms with Gasteiger partial charge in [0.05, 0.1) is 6.61 Å². The highest BCUT2D eigenvalue weighted by Gasteiger charge is 2.54. The van der Waals surface area contributed by atoms with E-state index in [1.807, 2.05) is 60.7 Å². The lowest BCUT2D eigenvalue weighted by atomic mass is 9.98. The quantitative estimate of drug-likeness (QED) is 0.165. The Labute approximate surface area is 312 Å². The van der Waals surface area contributed by atoms with Crippen molar-refractivity contribution >= 4 is 35.9 Å². The van der Waals surface area contributed by atoms with E-state index in [0.717, 1.165) is 38.8 Å². The van der Waals surface area contributed by atoms with Crippen LogP contribution in [0.15, 0.2) is 84.9 Å². The van der Waals surface area contributed by atoms with Gasteiger partial charge in [0.1, 0.15) is 31.1 Å². The van der Waals surface area contributed by atoms with Crippen molar-refractivity contribution in [2.75, 3.05) is 13.2 Å². The first-order chi connectivity index (χ1) is 25.9. The van der Waals surface area contributed by atoms with Crippen LogP contribution < -0.4 is 10.1 Å². The fourth-order valence-electron chi connectivity index (χ4n) is 5.47. The Morgan fingerprint density at radius 2 is 1.20 bits per heavy atom. The third kappa shape index (κ3) is 13.2. The maximum atomic E-state index is 13.5. The van der Waals surface area contributed by atoms with Crippen molar-refractivity contribution in [3.63, 3.8) is 0 Å². The molecule has 54 heavy (non-hydrogen) atoms. The van der Waals surface area contributed by atoms with E-state index in [2.05, 4.69) is 5.32 Å². The first-order valence-corrected chi connectivity index (χ1v) is 17.1. The van der Waals surface area contributed by atoms with Gasteiger partial charge in [-0.25, -0.2) is 9.59 Å². The SMILES string of the molecule is CC(=O)OC[C@H]1OC(OC(=O)N[C@@H](Cc2ccc(OCc3ccccc3)cc2)C(=O)OCCc2ccccc2)[C@H](OC(C)=O)[C@@H](OC(C)=O)[C@@H]1OC(C)=O. The summed E-state index contributed by atoms with van der Waals surface area (Å²) in [5.41, 5.74) is 2.56. The largest absolute Gasteiger partial charge is 0.489 e. The summed E-state index contributed by atoms with van der Waals surface area (Å²) in [6.45, 7) is 4.15. The van der Waals surface area contributed by atoms with Crippen LogP contribution in [0.5, 0.6) is 5.75 Å². The van der Waals surface area contributed by atoms with Crippen LogP contribution in [-0.2, 0) is 76.6 Å². The van der Waals surface area contributed by atoms with Crippen molar-refractivity contribution in [2.45, 2.75) is 83.9 Å². The van der Waals surface area contributed by atoms with Gasteiger partial charge < -0.3 is 43.2 Å². The first-order valence-electron chi connectivity index (χ1n) is 17.1. The summed E-state index contributed by atoms with van der Waals surface area (Å²) >= 11 is 0. The Hall–Kier alpha value is -5.96. The third-order valence-corrected chi connectivity index (χ3v) is 7.84. The molecule has 6 atom stereocenters. The molecule has 3 aromatic rings. The van der Waals surface area contributed by atoms with Crippen molar-refractivity contribution in [2.24, 2.45) is 0 Å². The lowest BCUT2D eigenvalue weighted by molar-refractivity contribution is -0.294. The molecule has 0 aromatic heterocycles.